The van der Waals surface area contributed by atoms with E-state index in [0.29, 0.717) is 12.3 Å². The summed E-state index contributed by atoms with van der Waals surface area (Å²) in [6.45, 7) is 16.5. The number of hydrogen-bond acceptors (Lipinski definition) is 2. The fraction of sp³-hybridized carbons (Fsp3) is 0.933. The van der Waals surface area contributed by atoms with Crippen LogP contribution in [0.15, 0.2) is 0 Å². The lowest BCUT2D eigenvalue weighted by Gasteiger charge is -2.26. The Bertz CT molecular complexity index is 304. The van der Waals surface area contributed by atoms with Crippen LogP contribution >= 0.6 is 0 Å². The zero-order chi connectivity index (χ0) is 14.1. The fourth-order valence-corrected chi connectivity index (χ4v) is 2.50. The molecule has 0 radical (unpaired) electrons. The highest BCUT2D eigenvalue weighted by Gasteiger charge is 2.38. The van der Waals surface area contributed by atoms with Gasteiger partial charge in [-0.25, -0.2) is 0 Å². The number of amides is 1. The third-order valence-corrected chi connectivity index (χ3v) is 3.80. The summed E-state index contributed by atoms with van der Waals surface area (Å²) in [5, 5.41) is 0. The van der Waals surface area contributed by atoms with E-state index >= 15 is 0 Å². The number of nitrogens with zero attached hydrogens (tertiary/aromatic N) is 1. The minimum Gasteiger partial charge on any atom is -0.372 e. The van der Waals surface area contributed by atoms with Crippen LogP contribution in [0.25, 0.3) is 0 Å². The van der Waals surface area contributed by atoms with Gasteiger partial charge in [0.15, 0.2) is 0 Å². The molecule has 3 heteroatoms. The van der Waals surface area contributed by atoms with E-state index in [0.717, 1.165) is 13.1 Å². The van der Waals surface area contributed by atoms with Crippen LogP contribution in [0, 0.1) is 11.3 Å². The second-order valence-corrected chi connectivity index (χ2v) is 7.41. The van der Waals surface area contributed by atoms with Crippen molar-refractivity contribution in [3.8, 4) is 0 Å². The van der Waals surface area contributed by atoms with Gasteiger partial charge in [0, 0.05) is 13.1 Å². The topological polar surface area (TPSA) is 29.5 Å². The van der Waals surface area contributed by atoms with Crippen LogP contribution in [0.2, 0.25) is 0 Å². The molecule has 0 aromatic heterocycles. The van der Waals surface area contributed by atoms with Crippen molar-refractivity contribution in [3.63, 3.8) is 0 Å². The highest BCUT2D eigenvalue weighted by Crippen LogP contribution is 2.35. The van der Waals surface area contributed by atoms with E-state index in [9.17, 15) is 4.79 Å². The van der Waals surface area contributed by atoms with Gasteiger partial charge in [-0.05, 0) is 39.0 Å². The summed E-state index contributed by atoms with van der Waals surface area (Å²) in [5.74, 6) is 0.796. The van der Waals surface area contributed by atoms with Gasteiger partial charge in [-0.1, -0.05) is 20.8 Å². The summed E-state index contributed by atoms with van der Waals surface area (Å²) in [6.07, 6.45) is 0.469. The van der Waals surface area contributed by atoms with E-state index in [1.54, 1.807) is 0 Å². The highest BCUT2D eigenvalue weighted by molar-refractivity contribution is 5.77. The molecule has 3 nitrogen and oxygen atoms in total. The van der Waals surface area contributed by atoms with Gasteiger partial charge in [0.1, 0.15) is 0 Å². The first kappa shape index (κ1) is 15.5. The third kappa shape index (κ3) is 4.27. The molecule has 1 saturated heterocycles. The van der Waals surface area contributed by atoms with Crippen molar-refractivity contribution >= 4 is 5.91 Å². The maximum Gasteiger partial charge on any atom is 0.225 e. The third-order valence-electron chi connectivity index (χ3n) is 3.80. The predicted molar refractivity (Wildman–Crippen MR) is 74.4 cm³/mol. The van der Waals surface area contributed by atoms with Gasteiger partial charge < -0.3 is 9.64 Å². The molecule has 1 amide bonds. The van der Waals surface area contributed by atoms with E-state index in [1.165, 1.54) is 0 Å². The molecule has 1 aliphatic heterocycles. The monoisotopic (exact) mass is 255 g/mol. The Morgan fingerprint density at radius 3 is 2.39 bits per heavy atom. The normalized spacial score (nSPS) is 25.3. The Morgan fingerprint density at radius 2 is 2.00 bits per heavy atom. The molecule has 0 saturated carbocycles. The number of carbonyl (C=O) groups is 1. The molecule has 18 heavy (non-hydrogen) atoms. The lowest BCUT2D eigenvalue weighted by Crippen LogP contribution is -2.35. The number of ether oxygens (including phenoxy) is 1. The number of hydrogen-bond donors (Lipinski definition) is 0. The summed E-state index contributed by atoms with van der Waals surface area (Å²) in [4.78, 5) is 14.2. The molecule has 0 N–H and O–H groups in total. The largest absolute Gasteiger partial charge is 0.372 e. The molecule has 1 unspecified atom stereocenters. The van der Waals surface area contributed by atoms with E-state index in [4.69, 9.17) is 4.74 Å². The van der Waals surface area contributed by atoms with Crippen molar-refractivity contribution in [3.05, 3.63) is 0 Å². The summed E-state index contributed by atoms with van der Waals surface area (Å²) < 4.78 is 5.80. The molecule has 1 heterocycles. The molecule has 2 atom stereocenters. The molecular weight excluding hydrogens is 226 g/mol. The van der Waals surface area contributed by atoms with E-state index in [2.05, 4.69) is 20.8 Å². The smallest absolute Gasteiger partial charge is 0.225 e. The summed E-state index contributed by atoms with van der Waals surface area (Å²) >= 11 is 0. The van der Waals surface area contributed by atoms with Crippen LogP contribution in [0.4, 0.5) is 0 Å². The maximum atomic E-state index is 12.2. The first-order valence-electron chi connectivity index (χ1n) is 6.97. The Balaban J connectivity index is 2.48. The summed E-state index contributed by atoms with van der Waals surface area (Å²) in [5.41, 5.74) is 0.0566. The molecule has 0 spiro atoms. The SMILES string of the molecule is CC1CN(C(=O)C[C@@H](C)OC(C)(C)C)CC1(C)C. The van der Waals surface area contributed by atoms with E-state index in [-0.39, 0.29) is 23.0 Å². The molecule has 1 fully saturated rings. The zero-order valence-electron chi connectivity index (χ0n) is 13.0. The lowest BCUT2D eigenvalue weighted by molar-refractivity contribution is -0.136. The zero-order valence-corrected chi connectivity index (χ0v) is 13.0. The van der Waals surface area contributed by atoms with Crippen molar-refractivity contribution in [1.29, 1.82) is 0 Å². The Morgan fingerprint density at radius 1 is 1.44 bits per heavy atom. The Labute approximate surface area is 112 Å². The summed E-state index contributed by atoms with van der Waals surface area (Å²) in [7, 11) is 0. The Kier molecular flexibility index (Phi) is 4.47. The van der Waals surface area contributed by atoms with Crippen molar-refractivity contribution in [2.24, 2.45) is 11.3 Å². The molecular formula is C15H29NO2. The molecule has 1 aliphatic rings. The molecule has 0 aromatic carbocycles. The van der Waals surface area contributed by atoms with Gasteiger partial charge in [0.25, 0.3) is 0 Å². The van der Waals surface area contributed by atoms with Crippen molar-refractivity contribution in [2.45, 2.75) is 66.6 Å². The molecule has 0 bridgehead atoms. The number of carbonyl (C=O) groups excluding carboxylic acids is 1. The minimum absolute atomic E-state index is 0.0171. The molecule has 0 aromatic rings. The Hall–Kier alpha value is -0.570. The second-order valence-electron chi connectivity index (χ2n) is 7.41. The maximum absolute atomic E-state index is 12.2. The van der Waals surface area contributed by atoms with Crippen molar-refractivity contribution in [1.82, 2.24) is 4.90 Å². The summed E-state index contributed by atoms with van der Waals surface area (Å²) in [6, 6.07) is 0. The first-order chi connectivity index (χ1) is 8.01. The van der Waals surface area contributed by atoms with Crippen LogP contribution < -0.4 is 0 Å². The van der Waals surface area contributed by atoms with Crippen LogP contribution in [-0.2, 0) is 9.53 Å². The average Bonchev–Trinajstić information content (AvgIpc) is 2.37. The standard InChI is InChI=1S/C15H29NO2/c1-11-9-16(10-15(11,6)7)13(17)8-12(2)18-14(3,4)5/h11-12H,8-10H2,1-7H3/t11?,12-/m1/s1. The number of rotatable bonds is 3. The van der Waals surface area contributed by atoms with E-state index < -0.39 is 0 Å². The van der Waals surface area contributed by atoms with Crippen molar-refractivity contribution in [2.75, 3.05) is 13.1 Å². The van der Waals surface area contributed by atoms with Crippen LogP contribution in [0.1, 0.15) is 54.9 Å². The van der Waals surface area contributed by atoms with Gasteiger partial charge in [-0.3, -0.25) is 4.79 Å². The van der Waals surface area contributed by atoms with Crippen LogP contribution in [0.5, 0.6) is 0 Å². The van der Waals surface area contributed by atoms with Gasteiger partial charge >= 0.3 is 0 Å². The van der Waals surface area contributed by atoms with Crippen LogP contribution in [0.3, 0.4) is 0 Å². The van der Waals surface area contributed by atoms with Crippen LogP contribution in [-0.4, -0.2) is 35.6 Å². The minimum atomic E-state index is -0.183. The van der Waals surface area contributed by atoms with Crippen molar-refractivity contribution < 1.29 is 9.53 Å². The average molecular weight is 255 g/mol. The second kappa shape index (κ2) is 5.20. The number of likely N-dealkylation sites (tertiary alicyclic amines) is 1. The molecule has 1 rings (SSSR count). The molecule has 106 valence electrons. The molecule has 0 aliphatic carbocycles. The van der Waals surface area contributed by atoms with Gasteiger partial charge in [0.05, 0.1) is 18.1 Å². The quantitative estimate of drug-likeness (QED) is 0.775. The fourth-order valence-electron chi connectivity index (χ4n) is 2.50. The van der Waals surface area contributed by atoms with Gasteiger partial charge in [-0.15, -0.1) is 0 Å². The highest BCUT2D eigenvalue weighted by atomic mass is 16.5. The lowest BCUT2D eigenvalue weighted by atomic mass is 9.84. The van der Waals surface area contributed by atoms with Gasteiger partial charge in [-0.2, -0.15) is 0 Å². The first-order valence-corrected chi connectivity index (χ1v) is 6.97. The predicted octanol–water partition coefficient (Wildman–Crippen LogP) is 3.08. The van der Waals surface area contributed by atoms with E-state index in [1.807, 2.05) is 32.6 Å². The van der Waals surface area contributed by atoms with Gasteiger partial charge in [0.2, 0.25) is 5.91 Å².